The van der Waals surface area contributed by atoms with E-state index in [1.54, 1.807) is 81.3 Å². The summed E-state index contributed by atoms with van der Waals surface area (Å²) >= 11 is 0. The van der Waals surface area contributed by atoms with E-state index in [0.717, 1.165) is 49.1 Å². The first kappa shape index (κ1) is 30.4. The van der Waals surface area contributed by atoms with Gasteiger partial charge in [0, 0.05) is 50.8 Å². The highest BCUT2D eigenvalue weighted by molar-refractivity contribution is 8.76. The molecule has 4 aromatic carbocycles. The summed E-state index contributed by atoms with van der Waals surface area (Å²) in [6, 6.07) is 33.5. The van der Waals surface area contributed by atoms with Crippen LogP contribution in [-0.4, -0.2) is 22.3 Å². The molecule has 46 heavy (non-hydrogen) atoms. The van der Waals surface area contributed by atoms with Gasteiger partial charge >= 0.3 is 0 Å². The van der Waals surface area contributed by atoms with Gasteiger partial charge in [-0.1, -0.05) is 58.0 Å². The first-order chi connectivity index (χ1) is 22.6. The third-order valence-electron chi connectivity index (χ3n) is 7.34. The van der Waals surface area contributed by atoms with Gasteiger partial charge in [0.1, 0.15) is 0 Å². The molecular weight excluding hydrogens is 613 g/mol. The monoisotopic (exact) mass is 636 g/mol. The van der Waals surface area contributed by atoms with Crippen LogP contribution in [0.2, 0.25) is 0 Å². The van der Waals surface area contributed by atoms with Gasteiger partial charge in [0.15, 0.2) is 0 Å². The second-order valence-electron chi connectivity index (χ2n) is 10.2. The molecule has 0 aliphatic heterocycles. The van der Waals surface area contributed by atoms with E-state index in [1.165, 1.54) is 0 Å². The Morgan fingerprint density at radius 2 is 1.37 bits per heavy atom. The summed E-state index contributed by atoms with van der Waals surface area (Å²) in [5.41, 5.74) is 5.52. The van der Waals surface area contributed by atoms with Gasteiger partial charge in [0.2, 0.25) is 6.41 Å². The molecule has 6 rings (SSSR count). The van der Waals surface area contributed by atoms with Gasteiger partial charge < -0.3 is 10.2 Å². The number of fused-ring (bicyclic) bond motifs is 2. The average molecular weight is 637 g/mol. The lowest BCUT2D eigenvalue weighted by Crippen LogP contribution is -2.23. The molecule has 0 saturated heterocycles. The van der Waals surface area contributed by atoms with E-state index in [1.807, 2.05) is 54.6 Å². The van der Waals surface area contributed by atoms with Gasteiger partial charge in [-0.25, -0.2) is 0 Å². The lowest BCUT2D eigenvalue weighted by molar-refractivity contribution is -0.107. The van der Waals surface area contributed by atoms with Crippen LogP contribution >= 0.6 is 21.6 Å². The average Bonchev–Trinajstić information content (AvgIpc) is 3.12. The number of anilines is 1. The molecule has 2 aromatic heterocycles. The Labute approximate surface area is 273 Å². The lowest BCUT2D eigenvalue weighted by Gasteiger charge is -2.19. The molecule has 0 saturated carbocycles. The minimum absolute atomic E-state index is 0.252. The van der Waals surface area contributed by atoms with E-state index < -0.39 is 0 Å². The van der Waals surface area contributed by atoms with Gasteiger partial charge in [-0.15, -0.1) is 0 Å². The van der Waals surface area contributed by atoms with Crippen molar-refractivity contribution in [1.29, 1.82) is 10.5 Å². The second kappa shape index (κ2) is 14.0. The molecule has 10 heteroatoms. The normalized spacial score (nSPS) is 10.7. The van der Waals surface area contributed by atoms with E-state index in [2.05, 4.69) is 27.4 Å². The number of amides is 2. The maximum absolute atomic E-state index is 12.8. The lowest BCUT2D eigenvalue weighted by atomic mass is 10.1. The van der Waals surface area contributed by atoms with Gasteiger partial charge in [-0.3, -0.25) is 19.6 Å². The Balaban J connectivity index is 1.21. The van der Waals surface area contributed by atoms with E-state index in [9.17, 15) is 14.9 Å². The number of pyridine rings is 2. The van der Waals surface area contributed by atoms with Crippen LogP contribution in [0.4, 0.5) is 5.69 Å². The SMILES string of the molecule is N#Cc1cccc(C(=O)NCc2ccc(SSc3ccc(CN(C=O)c4cccc(C#N)c4)c4cccnc34)c3ncccc23)c1. The van der Waals surface area contributed by atoms with Crippen LogP contribution in [0.5, 0.6) is 0 Å². The summed E-state index contributed by atoms with van der Waals surface area (Å²) in [7, 11) is 3.15. The van der Waals surface area contributed by atoms with Gasteiger partial charge in [-0.2, -0.15) is 10.5 Å². The fraction of sp³-hybridized carbons (Fsp3) is 0.0556. The van der Waals surface area contributed by atoms with Crippen molar-refractivity contribution in [2.24, 2.45) is 0 Å². The number of benzene rings is 4. The van der Waals surface area contributed by atoms with Crippen LogP contribution in [0.25, 0.3) is 21.8 Å². The number of hydrogen-bond donors (Lipinski definition) is 1. The maximum Gasteiger partial charge on any atom is 0.251 e. The standard InChI is InChI=1S/C36H24N6O2S2/c37-19-24-5-1-7-26(17-24)36(44)41-21-27-11-13-32(34-30(27)9-3-15-39-34)45-46-33-14-12-28(31-10-4-16-40-35(31)33)22-42(23-43)29-8-2-6-25(18-29)20-38/h1-18,23H,21-22H2,(H,41,44). The molecule has 1 N–H and O–H groups in total. The van der Waals surface area contributed by atoms with Crippen molar-refractivity contribution in [1.82, 2.24) is 15.3 Å². The Hall–Kier alpha value is -5.68. The zero-order valence-corrected chi connectivity index (χ0v) is 25.9. The molecule has 8 nitrogen and oxygen atoms in total. The molecule has 0 fully saturated rings. The predicted molar refractivity (Wildman–Crippen MR) is 181 cm³/mol. The molecule has 0 aliphatic rings. The molecule has 0 spiro atoms. The summed E-state index contributed by atoms with van der Waals surface area (Å²) in [4.78, 5) is 37.7. The molecule has 222 valence electrons. The molecule has 0 bridgehead atoms. The Kier molecular flexibility index (Phi) is 9.21. The Bertz CT molecular complexity index is 2190. The van der Waals surface area contributed by atoms with Crippen molar-refractivity contribution in [3.05, 3.63) is 137 Å². The Morgan fingerprint density at radius 3 is 2.02 bits per heavy atom. The number of aromatic nitrogens is 2. The van der Waals surface area contributed by atoms with Crippen molar-refractivity contribution in [3.8, 4) is 12.1 Å². The van der Waals surface area contributed by atoms with Crippen molar-refractivity contribution < 1.29 is 9.59 Å². The third-order valence-corrected chi connectivity index (χ3v) is 9.76. The number of rotatable bonds is 10. The van der Waals surface area contributed by atoms with Crippen LogP contribution in [0.3, 0.4) is 0 Å². The topological polar surface area (TPSA) is 123 Å². The Morgan fingerprint density at radius 1 is 0.761 bits per heavy atom. The number of nitriles is 2. The molecular formula is C36H24N6O2S2. The first-order valence-corrected chi connectivity index (χ1v) is 16.3. The highest BCUT2D eigenvalue weighted by atomic mass is 33.1. The highest BCUT2D eigenvalue weighted by Gasteiger charge is 2.15. The smallest absolute Gasteiger partial charge is 0.251 e. The van der Waals surface area contributed by atoms with E-state index >= 15 is 0 Å². The van der Waals surface area contributed by atoms with Crippen LogP contribution in [-0.2, 0) is 17.9 Å². The number of nitrogens with zero attached hydrogens (tertiary/aromatic N) is 5. The van der Waals surface area contributed by atoms with Crippen molar-refractivity contribution in [3.63, 3.8) is 0 Å². The van der Waals surface area contributed by atoms with Crippen LogP contribution < -0.4 is 10.2 Å². The molecule has 6 aromatic rings. The zero-order chi connectivity index (χ0) is 31.9. The van der Waals surface area contributed by atoms with Crippen LogP contribution in [0.15, 0.2) is 119 Å². The second-order valence-corrected chi connectivity index (χ2v) is 12.4. The third kappa shape index (κ3) is 6.54. The summed E-state index contributed by atoms with van der Waals surface area (Å²) in [5.74, 6) is -0.252. The van der Waals surface area contributed by atoms with Crippen molar-refractivity contribution >= 4 is 61.4 Å². The summed E-state index contributed by atoms with van der Waals surface area (Å²) < 4.78 is 0. The van der Waals surface area contributed by atoms with Gasteiger partial charge in [0.05, 0.1) is 40.8 Å². The molecule has 2 amide bonds. The largest absolute Gasteiger partial charge is 0.348 e. The summed E-state index contributed by atoms with van der Waals surface area (Å²) in [6.07, 6.45) is 4.28. The zero-order valence-electron chi connectivity index (χ0n) is 24.3. The molecule has 2 heterocycles. The fourth-order valence-electron chi connectivity index (χ4n) is 5.06. The van der Waals surface area contributed by atoms with Crippen LogP contribution in [0.1, 0.15) is 32.6 Å². The minimum Gasteiger partial charge on any atom is -0.348 e. The molecule has 0 unspecified atom stereocenters. The molecule has 0 atom stereocenters. The molecule has 0 aliphatic carbocycles. The minimum atomic E-state index is -0.252. The van der Waals surface area contributed by atoms with Gasteiger partial charge in [-0.05, 0) is 71.8 Å². The van der Waals surface area contributed by atoms with Crippen molar-refractivity contribution in [2.75, 3.05) is 4.90 Å². The fourth-order valence-corrected chi connectivity index (χ4v) is 7.32. The van der Waals surface area contributed by atoms with E-state index in [-0.39, 0.29) is 5.91 Å². The summed E-state index contributed by atoms with van der Waals surface area (Å²) in [6.45, 7) is 0.638. The summed E-state index contributed by atoms with van der Waals surface area (Å²) in [5, 5.41) is 23.3. The number of hydrogen-bond acceptors (Lipinski definition) is 8. The maximum atomic E-state index is 12.8. The molecule has 0 radical (unpaired) electrons. The number of carbonyl (C=O) groups is 2. The van der Waals surface area contributed by atoms with E-state index in [4.69, 9.17) is 5.26 Å². The van der Waals surface area contributed by atoms with E-state index in [0.29, 0.717) is 35.5 Å². The first-order valence-electron chi connectivity index (χ1n) is 14.2. The van der Waals surface area contributed by atoms with Gasteiger partial charge in [0.25, 0.3) is 5.91 Å². The quantitative estimate of drug-likeness (QED) is 0.122. The number of nitrogens with one attached hydrogen (secondary N) is 1. The predicted octanol–water partition coefficient (Wildman–Crippen LogP) is 7.42. The number of carbonyl (C=O) groups excluding carboxylic acids is 2. The van der Waals surface area contributed by atoms with Crippen LogP contribution in [0, 0.1) is 22.7 Å². The van der Waals surface area contributed by atoms with Crippen molar-refractivity contribution in [2.45, 2.75) is 22.9 Å². The highest BCUT2D eigenvalue weighted by Crippen LogP contribution is 2.43.